The van der Waals surface area contributed by atoms with Crippen molar-refractivity contribution in [3.63, 3.8) is 0 Å². The fourth-order valence-electron chi connectivity index (χ4n) is 2.71. The second-order valence-corrected chi connectivity index (χ2v) is 5.47. The topological polar surface area (TPSA) is 29.9 Å². The molecule has 3 nitrogen and oxygen atoms in total. The molecule has 1 aliphatic heterocycles. The number of rotatable bonds is 1. The van der Waals surface area contributed by atoms with Crippen LogP contribution < -0.4 is 0 Å². The average molecular weight is 266 g/mol. The molecule has 2 aromatic rings. The van der Waals surface area contributed by atoms with Gasteiger partial charge >= 0.3 is 0 Å². The highest BCUT2D eigenvalue weighted by molar-refractivity contribution is 7.71. The quantitative estimate of drug-likeness (QED) is 0.802. The van der Waals surface area contributed by atoms with E-state index in [9.17, 15) is 4.39 Å². The van der Waals surface area contributed by atoms with Gasteiger partial charge in [-0.05, 0) is 50.2 Å². The van der Waals surface area contributed by atoms with Gasteiger partial charge in [0.1, 0.15) is 5.82 Å². The van der Waals surface area contributed by atoms with Crippen molar-refractivity contribution in [2.24, 2.45) is 0 Å². The average Bonchev–Trinajstić information content (AvgIpc) is 2.66. The van der Waals surface area contributed by atoms with Crippen molar-refractivity contribution in [2.45, 2.75) is 25.3 Å². The fraction of sp³-hybridized carbons (Fsp3) is 0.462. The van der Waals surface area contributed by atoms with Crippen LogP contribution in [0.3, 0.4) is 0 Å². The maximum Gasteiger partial charge on any atom is 0.178 e. The van der Waals surface area contributed by atoms with E-state index in [4.69, 9.17) is 17.0 Å². The van der Waals surface area contributed by atoms with E-state index >= 15 is 0 Å². The zero-order chi connectivity index (χ0) is 12.8. The molecular formula is C13H15FN2OS. The minimum atomic E-state index is -0.245. The number of benzene rings is 1. The van der Waals surface area contributed by atoms with Crippen molar-refractivity contribution < 1.29 is 9.13 Å². The molecule has 0 amide bonds. The maximum atomic E-state index is 13.4. The summed E-state index contributed by atoms with van der Waals surface area (Å²) in [6.45, 7) is 3.52. The molecule has 1 saturated heterocycles. The Bertz CT molecular complexity index is 640. The number of hydrogen-bond acceptors (Lipinski definition) is 2. The number of nitrogens with zero attached hydrogens (tertiary/aromatic N) is 1. The van der Waals surface area contributed by atoms with Gasteiger partial charge in [0.15, 0.2) is 4.77 Å². The van der Waals surface area contributed by atoms with Gasteiger partial charge in [-0.15, -0.1) is 0 Å². The highest BCUT2D eigenvalue weighted by Crippen LogP contribution is 2.31. The summed E-state index contributed by atoms with van der Waals surface area (Å²) in [7, 11) is 0. The van der Waals surface area contributed by atoms with Crippen LogP contribution in [0.4, 0.5) is 4.39 Å². The van der Waals surface area contributed by atoms with E-state index < -0.39 is 0 Å². The van der Waals surface area contributed by atoms with Crippen LogP contribution in [0, 0.1) is 10.6 Å². The third-order valence-electron chi connectivity index (χ3n) is 3.60. The Morgan fingerprint density at radius 1 is 1.50 bits per heavy atom. The molecular weight excluding hydrogens is 251 g/mol. The van der Waals surface area contributed by atoms with Crippen LogP contribution in [0.2, 0.25) is 0 Å². The zero-order valence-electron chi connectivity index (χ0n) is 10.2. The van der Waals surface area contributed by atoms with Crippen molar-refractivity contribution in [1.29, 1.82) is 0 Å². The number of aromatic amines is 1. The summed E-state index contributed by atoms with van der Waals surface area (Å²) in [5.74, 6) is -0.245. The molecule has 0 saturated carbocycles. The number of nitrogens with one attached hydrogen (secondary N) is 1. The summed E-state index contributed by atoms with van der Waals surface area (Å²) in [5.41, 5.74) is 1.49. The Morgan fingerprint density at radius 3 is 3.06 bits per heavy atom. The Kier molecular flexibility index (Phi) is 2.75. The Labute approximate surface area is 110 Å². The predicted octanol–water partition coefficient (Wildman–Crippen LogP) is 3.36. The lowest BCUT2D eigenvalue weighted by molar-refractivity contribution is 0.0108. The summed E-state index contributed by atoms with van der Waals surface area (Å²) in [6, 6.07) is 4.70. The Balaban J connectivity index is 2.24. The van der Waals surface area contributed by atoms with Gasteiger partial charge < -0.3 is 14.3 Å². The Morgan fingerprint density at radius 2 is 2.33 bits per heavy atom. The molecule has 1 fully saturated rings. The van der Waals surface area contributed by atoms with Gasteiger partial charge in [-0.2, -0.15) is 0 Å². The normalized spacial score (nSPS) is 24.6. The number of hydrogen-bond donors (Lipinski definition) is 1. The lowest BCUT2D eigenvalue weighted by Gasteiger charge is -2.35. The molecule has 1 atom stereocenters. The van der Waals surface area contributed by atoms with Gasteiger partial charge in [-0.25, -0.2) is 4.39 Å². The number of ether oxygens (including phenoxy) is 1. The number of imidazole rings is 1. The van der Waals surface area contributed by atoms with Crippen molar-refractivity contribution in [3.05, 3.63) is 28.8 Å². The molecule has 2 heterocycles. The second-order valence-electron chi connectivity index (χ2n) is 5.08. The minimum Gasteiger partial charge on any atom is -0.379 e. The molecule has 5 heteroatoms. The smallest absolute Gasteiger partial charge is 0.178 e. The summed E-state index contributed by atoms with van der Waals surface area (Å²) in [6.07, 6.45) is 1.99. The highest BCUT2D eigenvalue weighted by Gasteiger charge is 2.31. The van der Waals surface area contributed by atoms with Crippen molar-refractivity contribution in [3.8, 4) is 0 Å². The van der Waals surface area contributed by atoms with Crippen molar-refractivity contribution in [1.82, 2.24) is 9.55 Å². The molecule has 0 bridgehead atoms. The summed E-state index contributed by atoms with van der Waals surface area (Å²) < 4.78 is 21.6. The number of fused-ring (bicyclic) bond motifs is 1. The summed E-state index contributed by atoms with van der Waals surface area (Å²) >= 11 is 5.38. The number of halogens is 1. The maximum absolute atomic E-state index is 13.4. The van der Waals surface area contributed by atoms with Gasteiger partial charge in [0.2, 0.25) is 0 Å². The van der Waals surface area contributed by atoms with Gasteiger partial charge in [-0.3, -0.25) is 0 Å². The number of H-pyrrole nitrogens is 1. The van der Waals surface area contributed by atoms with Crippen LogP contribution in [0.5, 0.6) is 0 Å². The van der Waals surface area contributed by atoms with Crippen LogP contribution >= 0.6 is 12.2 Å². The van der Waals surface area contributed by atoms with E-state index in [-0.39, 0.29) is 11.4 Å². The van der Waals surface area contributed by atoms with E-state index in [2.05, 4.69) is 11.9 Å². The van der Waals surface area contributed by atoms with E-state index in [1.807, 2.05) is 4.57 Å². The van der Waals surface area contributed by atoms with E-state index in [1.165, 1.54) is 12.1 Å². The zero-order valence-corrected chi connectivity index (χ0v) is 11.0. The summed E-state index contributed by atoms with van der Waals surface area (Å²) in [4.78, 5) is 3.13. The third kappa shape index (κ3) is 1.78. The Hall–Kier alpha value is -1.20. The molecule has 1 aromatic carbocycles. The first kappa shape index (κ1) is 11.9. The van der Waals surface area contributed by atoms with E-state index in [0.29, 0.717) is 11.4 Å². The molecule has 1 aliphatic rings. The van der Waals surface area contributed by atoms with Crippen LogP contribution in [-0.4, -0.2) is 22.8 Å². The first-order valence-electron chi connectivity index (χ1n) is 6.09. The number of aromatic nitrogens is 2. The molecule has 96 valence electrons. The first-order valence-corrected chi connectivity index (χ1v) is 6.49. The van der Waals surface area contributed by atoms with Crippen LogP contribution in [0.1, 0.15) is 19.8 Å². The van der Waals surface area contributed by atoms with Gasteiger partial charge in [0.25, 0.3) is 0 Å². The lowest BCUT2D eigenvalue weighted by atomic mass is 9.94. The third-order valence-corrected chi connectivity index (χ3v) is 3.89. The molecule has 3 rings (SSSR count). The molecule has 0 aliphatic carbocycles. The second kappa shape index (κ2) is 4.17. The highest BCUT2D eigenvalue weighted by atomic mass is 32.1. The van der Waals surface area contributed by atoms with Crippen molar-refractivity contribution >= 4 is 23.3 Å². The SMILES string of the molecule is CC1(n2c(=S)[nH]c3ccc(F)cc32)CCCOC1. The molecule has 1 aromatic heterocycles. The van der Waals surface area contributed by atoms with Gasteiger partial charge in [-0.1, -0.05) is 0 Å². The van der Waals surface area contributed by atoms with Crippen LogP contribution in [0.25, 0.3) is 11.0 Å². The molecule has 1 N–H and O–H groups in total. The van der Waals surface area contributed by atoms with Gasteiger partial charge in [0, 0.05) is 6.61 Å². The standard InChI is InChI=1S/C13H15FN2OS/c1-13(5-2-6-17-8-13)16-11-7-9(14)3-4-10(11)15-12(16)18/h3-4,7H,2,5-6,8H2,1H3,(H,15,18). The minimum absolute atomic E-state index is 0.193. The molecule has 0 spiro atoms. The fourth-order valence-corrected chi connectivity index (χ4v) is 3.14. The molecule has 0 radical (unpaired) electrons. The van der Waals surface area contributed by atoms with Crippen LogP contribution in [-0.2, 0) is 10.3 Å². The summed E-state index contributed by atoms with van der Waals surface area (Å²) in [5, 5.41) is 0. The first-order chi connectivity index (χ1) is 8.60. The molecule has 1 unspecified atom stereocenters. The lowest BCUT2D eigenvalue weighted by Crippen LogP contribution is -2.39. The van der Waals surface area contributed by atoms with Gasteiger partial charge in [0.05, 0.1) is 23.2 Å². The monoisotopic (exact) mass is 266 g/mol. The predicted molar refractivity (Wildman–Crippen MR) is 70.8 cm³/mol. The van der Waals surface area contributed by atoms with Crippen molar-refractivity contribution in [2.75, 3.05) is 13.2 Å². The molecule has 18 heavy (non-hydrogen) atoms. The van der Waals surface area contributed by atoms with E-state index in [1.54, 1.807) is 6.07 Å². The van der Waals surface area contributed by atoms with Crippen LogP contribution in [0.15, 0.2) is 18.2 Å². The van der Waals surface area contributed by atoms with E-state index in [0.717, 1.165) is 30.5 Å². The largest absolute Gasteiger partial charge is 0.379 e.